The highest BCUT2D eigenvalue weighted by atomic mass is 19.1. The van der Waals surface area contributed by atoms with Crippen molar-refractivity contribution in [3.8, 4) is 5.75 Å². The lowest BCUT2D eigenvalue weighted by atomic mass is 10.00. The number of nitrogens with zero attached hydrogens (tertiary/aromatic N) is 1. The molecule has 0 radical (unpaired) electrons. The topological polar surface area (TPSA) is 49.8 Å². The predicted octanol–water partition coefficient (Wildman–Crippen LogP) is 4.74. The van der Waals surface area contributed by atoms with E-state index in [4.69, 9.17) is 4.74 Å². The molecule has 142 valence electrons. The molecular weight excluding hydrogens is 345 g/mol. The Morgan fingerprint density at radius 3 is 2.67 bits per heavy atom. The molecule has 2 aromatic rings. The Morgan fingerprint density at radius 1 is 1.30 bits per heavy atom. The normalized spacial score (nSPS) is 14.1. The summed E-state index contributed by atoms with van der Waals surface area (Å²) in [7, 11) is 1.97. The van der Waals surface area contributed by atoms with Gasteiger partial charge in [0.1, 0.15) is 6.61 Å². The molecule has 4 nitrogen and oxygen atoms in total. The zero-order chi connectivity index (χ0) is 19.4. The molecule has 0 amide bonds. The summed E-state index contributed by atoms with van der Waals surface area (Å²) in [6, 6.07) is 12.1. The first-order valence-electron chi connectivity index (χ1n) is 9.11. The number of hydrogen-bond donors (Lipinski definition) is 1. The van der Waals surface area contributed by atoms with Crippen LogP contribution >= 0.6 is 0 Å². The maximum Gasteiger partial charge on any atom is 0.335 e. The number of carboxylic acid groups (broad SMARTS) is 1. The summed E-state index contributed by atoms with van der Waals surface area (Å²) in [6.07, 6.45) is 4.04. The molecule has 0 heterocycles. The van der Waals surface area contributed by atoms with E-state index < -0.39 is 11.8 Å². The van der Waals surface area contributed by atoms with Crippen LogP contribution in [0.25, 0.3) is 5.57 Å². The number of carboxylic acids is 1. The van der Waals surface area contributed by atoms with Gasteiger partial charge in [-0.1, -0.05) is 30.3 Å². The largest absolute Gasteiger partial charge is 0.486 e. The van der Waals surface area contributed by atoms with E-state index in [0.29, 0.717) is 11.1 Å². The Bertz CT molecular complexity index is 858. The first-order valence-corrected chi connectivity index (χ1v) is 9.11. The fourth-order valence-corrected chi connectivity index (χ4v) is 3.10. The van der Waals surface area contributed by atoms with E-state index in [0.717, 1.165) is 18.2 Å². The van der Waals surface area contributed by atoms with Crippen molar-refractivity contribution >= 4 is 17.2 Å². The van der Waals surface area contributed by atoms with Gasteiger partial charge in [-0.2, -0.15) is 0 Å². The Balaban J connectivity index is 1.73. The summed E-state index contributed by atoms with van der Waals surface area (Å²) in [5.74, 6) is -0.539. The summed E-state index contributed by atoms with van der Waals surface area (Å²) >= 11 is 0. The van der Waals surface area contributed by atoms with Crippen LogP contribution in [-0.2, 0) is 11.4 Å². The van der Waals surface area contributed by atoms with Gasteiger partial charge in [0.25, 0.3) is 0 Å². The van der Waals surface area contributed by atoms with Crippen molar-refractivity contribution in [3.63, 3.8) is 0 Å². The number of halogens is 1. The number of rotatable bonds is 8. The molecular formula is C22H24FNO3. The van der Waals surface area contributed by atoms with Crippen LogP contribution in [-0.4, -0.2) is 24.7 Å². The van der Waals surface area contributed by atoms with Gasteiger partial charge >= 0.3 is 5.97 Å². The lowest BCUT2D eigenvalue weighted by molar-refractivity contribution is -0.130. The minimum Gasteiger partial charge on any atom is -0.486 e. The molecule has 0 aliphatic heterocycles. The van der Waals surface area contributed by atoms with E-state index in [1.54, 1.807) is 37.3 Å². The van der Waals surface area contributed by atoms with Gasteiger partial charge in [-0.25, -0.2) is 9.18 Å². The van der Waals surface area contributed by atoms with Gasteiger partial charge in [0.05, 0.1) is 5.57 Å². The predicted molar refractivity (Wildman–Crippen MR) is 104 cm³/mol. The van der Waals surface area contributed by atoms with Crippen LogP contribution in [0.5, 0.6) is 5.75 Å². The molecule has 0 bridgehead atoms. The fourth-order valence-electron chi connectivity index (χ4n) is 3.10. The second-order valence-corrected chi connectivity index (χ2v) is 6.89. The average Bonchev–Trinajstić information content (AvgIpc) is 3.46. The summed E-state index contributed by atoms with van der Waals surface area (Å²) < 4.78 is 20.1. The van der Waals surface area contributed by atoms with Gasteiger partial charge < -0.3 is 14.7 Å². The van der Waals surface area contributed by atoms with Gasteiger partial charge in [0.2, 0.25) is 0 Å². The second kappa shape index (κ2) is 8.25. The fraction of sp³-hybridized carbons (Fsp3) is 0.318. The van der Waals surface area contributed by atoms with E-state index in [-0.39, 0.29) is 17.9 Å². The maximum absolute atomic E-state index is 14.5. The summed E-state index contributed by atoms with van der Waals surface area (Å²) in [4.78, 5) is 13.5. The summed E-state index contributed by atoms with van der Waals surface area (Å²) in [5.41, 5.74) is 2.30. The Kier molecular flexibility index (Phi) is 5.79. The molecule has 0 saturated heterocycles. The van der Waals surface area contributed by atoms with E-state index in [2.05, 4.69) is 4.90 Å². The van der Waals surface area contributed by atoms with Crippen molar-refractivity contribution in [1.82, 2.24) is 0 Å². The molecule has 1 aliphatic rings. The minimum absolute atomic E-state index is 0.0922. The number of hydrogen-bond acceptors (Lipinski definition) is 3. The first-order chi connectivity index (χ1) is 13.0. The van der Waals surface area contributed by atoms with Crippen LogP contribution in [0.4, 0.5) is 10.1 Å². The summed E-state index contributed by atoms with van der Waals surface area (Å²) in [5, 5.41) is 9.36. The number of anilines is 1. The maximum atomic E-state index is 14.5. The van der Waals surface area contributed by atoms with Crippen LogP contribution in [0.3, 0.4) is 0 Å². The third-order valence-electron chi connectivity index (χ3n) is 4.80. The number of ether oxygens (including phenoxy) is 1. The molecule has 27 heavy (non-hydrogen) atoms. The zero-order valence-corrected chi connectivity index (χ0v) is 15.6. The number of benzene rings is 2. The van der Waals surface area contributed by atoms with Gasteiger partial charge in [0, 0.05) is 25.3 Å². The van der Waals surface area contributed by atoms with Crippen molar-refractivity contribution < 1.29 is 19.0 Å². The van der Waals surface area contributed by atoms with Crippen LogP contribution in [0.15, 0.2) is 48.5 Å². The number of carbonyl (C=O) groups is 1. The highest BCUT2D eigenvalue weighted by Gasteiger charge is 2.23. The minimum atomic E-state index is -1.00. The SMILES string of the molecule is CC=C(C(=O)O)c1ccccc1COc1ccc(N(C)CC2CC2)cc1F. The smallest absolute Gasteiger partial charge is 0.335 e. The lowest BCUT2D eigenvalue weighted by Gasteiger charge is -2.20. The van der Waals surface area contributed by atoms with E-state index >= 15 is 0 Å². The summed E-state index contributed by atoms with van der Waals surface area (Å²) in [6.45, 7) is 2.71. The Labute approximate surface area is 158 Å². The molecule has 1 N–H and O–H groups in total. The van der Waals surface area contributed by atoms with Crippen molar-refractivity contribution in [1.29, 1.82) is 0 Å². The van der Waals surface area contributed by atoms with Gasteiger partial charge in [-0.15, -0.1) is 0 Å². The quantitative estimate of drug-likeness (QED) is 0.683. The Morgan fingerprint density at radius 2 is 2.04 bits per heavy atom. The van der Waals surface area contributed by atoms with Gasteiger partial charge in [-0.05, 0) is 48.9 Å². The van der Waals surface area contributed by atoms with Crippen molar-refractivity contribution in [2.24, 2.45) is 5.92 Å². The zero-order valence-electron chi connectivity index (χ0n) is 15.6. The van der Waals surface area contributed by atoms with Crippen LogP contribution < -0.4 is 9.64 Å². The molecule has 1 aliphatic carbocycles. The molecule has 5 heteroatoms. The molecule has 0 unspecified atom stereocenters. The van der Waals surface area contributed by atoms with Crippen LogP contribution in [0, 0.1) is 11.7 Å². The van der Waals surface area contributed by atoms with Crippen LogP contribution in [0.1, 0.15) is 30.9 Å². The number of allylic oxidation sites excluding steroid dienone is 1. The number of aliphatic carboxylic acids is 1. The highest BCUT2D eigenvalue weighted by molar-refractivity contribution is 6.15. The van der Waals surface area contributed by atoms with Crippen molar-refractivity contribution in [2.75, 3.05) is 18.5 Å². The van der Waals surface area contributed by atoms with Gasteiger partial charge in [-0.3, -0.25) is 0 Å². The standard InChI is InChI=1S/C22H24FNO3/c1-3-18(22(25)26)19-7-5-4-6-16(19)14-27-21-11-10-17(12-20(21)23)24(2)13-15-8-9-15/h3-7,10-12,15H,8-9,13-14H2,1-2H3,(H,25,26). The molecule has 3 rings (SSSR count). The monoisotopic (exact) mass is 369 g/mol. The van der Waals surface area contributed by atoms with Crippen molar-refractivity contribution in [3.05, 3.63) is 65.5 Å². The lowest BCUT2D eigenvalue weighted by Crippen LogP contribution is -2.19. The van der Waals surface area contributed by atoms with E-state index in [1.165, 1.54) is 18.9 Å². The molecule has 0 atom stereocenters. The Hall–Kier alpha value is -2.82. The molecule has 0 spiro atoms. The van der Waals surface area contributed by atoms with E-state index in [1.807, 2.05) is 19.2 Å². The average molecular weight is 369 g/mol. The van der Waals surface area contributed by atoms with E-state index in [9.17, 15) is 14.3 Å². The third kappa shape index (κ3) is 4.67. The van der Waals surface area contributed by atoms with Crippen LogP contribution in [0.2, 0.25) is 0 Å². The molecule has 1 fully saturated rings. The van der Waals surface area contributed by atoms with Gasteiger partial charge in [0.15, 0.2) is 11.6 Å². The molecule has 2 aromatic carbocycles. The first kappa shape index (κ1) is 19.0. The molecule has 1 saturated carbocycles. The molecule has 0 aromatic heterocycles. The highest BCUT2D eigenvalue weighted by Crippen LogP contribution is 2.32. The second-order valence-electron chi connectivity index (χ2n) is 6.89. The van der Waals surface area contributed by atoms with Crippen molar-refractivity contribution in [2.45, 2.75) is 26.4 Å². The third-order valence-corrected chi connectivity index (χ3v) is 4.80.